The number of halogens is 1. The first kappa shape index (κ1) is 22.0. The molecule has 3 amide bonds. The number of nitrogens with zero attached hydrogens (tertiary/aromatic N) is 2. The number of benzene rings is 2. The van der Waals surface area contributed by atoms with E-state index < -0.39 is 5.82 Å². The summed E-state index contributed by atoms with van der Waals surface area (Å²) >= 11 is 0. The Balaban J connectivity index is 1.41. The predicted octanol–water partition coefficient (Wildman–Crippen LogP) is 3.58. The van der Waals surface area contributed by atoms with Crippen molar-refractivity contribution in [3.8, 4) is 0 Å². The standard InChI is InChI=1S/C25H28FN3O3/c1-3-17-4-6-18(7-5-17)24(31)28-10-12-29(13-11-28)25(32)21-15-19(26)8-9-22(21)27-23(30)20-14-16(20)2/h4-9,15-16,20H,3,10-14H2,1-2H3,(H,27,30). The van der Waals surface area contributed by atoms with Crippen molar-refractivity contribution in [3.05, 3.63) is 65.0 Å². The summed E-state index contributed by atoms with van der Waals surface area (Å²) in [7, 11) is 0. The van der Waals surface area contributed by atoms with E-state index in [1.54, 1.807) is 9.80 Å². The van der Waals surface area contributed by atoms with Crippen LogP contribution in [-0.4, -0.2) is 53.7 Å². The van der Waals surface area contributed by atoms with Crippen LogP contribution in [-0.2, 0) is 11.2 Å². The fourth-order valence-corrected chi connectivity index (χ4v) is 4.06. The molecule has 0 bridgehead atoms. The Morgan fingerprint density at radius 1 is 0.969 bits per heavy atom. The van der Waals surface area contributed by atoms with Gasteiger partial charge in [-0.1, -0.05) is 26.0 Å². The Morgan fingerprint density at radius 2 is 1.56 bits per heavy atom. The van der Waals surface area contributed by atoms with E-state index in [1.165, 1.54) is 23.8 Å². The lowest BCUT2D eigenvalue weighted by atomic mass is 10.1. The molecule has 4 rings (SSSR count). The third kappa shape index (κ3) is 4.66. The maximum absolute atomic E-state index is 13.9. The van der Waals surface area contributed by atoms with Gasteiger partial charge in [-0.3, -0.25) is 14.4 Å². The van der Waals surface area contributed by atoms with Gasteiger partial charge in [-0.2, -0.15) is 0 Å². The Labute approximate surface area is 187 Å². The molecular formula is C25H28FN3O3. The normalized spacial score (nSPS) is 20.1. The molecule has 168 valence electrons. The highest BCUT2D eigenvalue weighted by molar-refractivity contribution is 6.04. The molecule has 1 saturated carbocycles. The van der Waals surface area contributed by atoms with E-state index in [0.29, 0.717) is 43.3 Å². The highest BCUT2D eigenvalue weighted by Gasteiger charge is 2.39. The number of nitrogens with one attached hydrogen (secondary N) is 1. The molecule has 2 aliphatic rings. The summed E-state index contributed by atoms with van der Waals surface area (Å²) in [5.74, 6) is -0.791. The minimum atomic E-state index is -0.532. The summed E-state index contributed by atoms with van der Waals surface area (Å²) in [6, 6.07) is 11.4. The summed E-state index contributed by atoms with van der Waals surface area (Å²) in [6.07, 6.45) is 1.74. The fraction of sp³-hybridized carbons (Fsp3) is 0.400. The second-order valence-corrected chi connectivity index (χ2v) is 8.63. The van der Waals surface area contributed by atoms with E-state index in [-0.39, 0.29) is 29.2 Å². The van der Waals surface area contributed by atoms with Gasteiger partial charge in [-0.25, -0.2) is 4.39 Å². The largest absolute Gasteiger partial charge is 0.335 e. The summed E-state index contributed by atoms with van der Waals surface area (Å²) in [5.41, 5.74) is 2.27. The minimum absolute atomic E-state index is 0.0519. The highest BCUT2D eigenvalue weighted by Crippen LogP contribution is 2.38. The summed E-state index contributed by atoms with van der Waals surface area (Å²) in [6.45, 7) is 5.56. The van der Waals surface area contributed by atoms with Crippen LogP contribution in [0, 0.1) is 17.7 Å². The zero-order valence-corrected chi connectivity index (χ0v) is 18.4. The fourth-order valence-electron chi connectivity index (χ4n) is 4.06. The third-order valence-electron chi connectivity index (χ3n) is 6.38. The maximum Gasteiger partial charge on any atom is 0.256 e. The Hall–Kier alpha value is -3.22. The van der Waals surface area contributed by atoms with Crippen LogP contribution in [0.1, 0.15) is 46.5 Å². The van der Waals surface area contributed by atoms with Crippen molar-refractivity contribution in [3.63, 3.8) is 0 Å². The molecule has 1 N–H and O–H groups in total. The molecule has 2 unspecified atom stereocenters. The third-order valence-corrected chi connectivity index (χ3v) is 6.38. The van der Waals surface area contributed by atoms with E-state index in [0.717, 1.165) is 12.8 Å². The van der Waals surface area contributed by atoms with Gasteiger partial charge < -0.3 is 15.1 Å². The number of carbonyl (C=O) groups is 3. The van der Waals surface area contributed by atoms with Crippen molar-refractivity contribution >= 4 is 23.4 Å². The number of piperazine rings is 1. The molecule has 32 heavy (non-hydrogen) atoms. The average Bonchev–Trinajstić information content (AvgIpc) is 3.56. The molecule has 2 atom stereocenters. The van der Waals surface area contributed by atoms with Crippen LogP contribution in [0.3, 0.4) is 0 Å². The van der Waals surface area contributed by atoms with Crippen LogP contribution in [0.15, 0.2) is 42.5 Å². The van der Waals surface area contributed by atoms with Crippen LogP contribution >= 0.6 is 0 Å². The SMILES string of the molecule is CCc1ccc(C(=O)N2CCN(C(=O)c3cc(F)ccc3NC(=O)C3CC3C)CC2)cc1. The Morgan fingerprint density at radius 3 is 2.12 bits per heavy atom. The topological polar surface area (TPSA) is 69.7 Å². The van der Waals surface area contributed by atoms with Gasteiger partial charge in [0.2, 0.25) is 5.91 Å². The molecule has 2 fully saturated rings. The summed E-state index contributed by atoms with van der Waals surface area (Å²) in [4.78, 5) is 41.6. The maximum atomic E-state index is 13.9. The molecule has 0 spiro atoms. The monoisotopic (exact) mass is 437 g/mol. The Bertz CT molecular complexity index is 1030. The number of amides is 3. The molecule has 6 nitrogen and oxygen atoms in total. The van der Waals surface area contributed by atoms with Gasteiger partial charge in [-0.05, 0) is 54.7 Å². The molecular weight excluding hydrogens is 409 g/mol. The molecule has 1 saturated heterocycles. The summed E-state index contributed by atoms with van der Waals surface area (Å²) < 4.78 is 13.9. The number of aryl methyl sites for hydroxylation is 1. The van der Waals surface area contributed by atoms with E-state index in [4.69, 9.17) is 0 Å². The number of anilines is 1. The number of hydrogen-bond donors (Lipinski definition) is 1. The highest BCUT2D eigenvalue weighted by atomic mass is 19.1. The van der Waals surface area contributed by atoms with Gasteiger partial charge in [0.25, 0.3) is 11.8 Å². The first-order valence-electron chi connectivity index (χ1n) is 11.1. The van der Waals surface area contributed by atoms with Crippen LogP contribution in [0.5, 0.6) is 0 Å². The first-order valence-corrected chi connectivity index (χ1v) is 11.1. The lowest BCUT2D eigenvalue weighted by molar-refractivity contribution is -0.117. The van der Waals surface area contributed by atoms with Crippen molar-refractivity contribution in [2.24, 2.45) is 11.8 Å². The second kappa shape index (κ2) is 9.10. The van der Waals surface area contributed by atoms with E-state index in [9.17, 15) is 18.8 Å². The Kier molecular flexibility index (Phi) is 6.26. The molecule has 1 aliphatic heterocycles. The van der Waals surface area contributed by atoms with Crippen LogP contribution in [0.2, 0.25) is 0 Å². The van der Waals surface area contributed by atoms with Gasteiger partial charge in [0, 0.05) is 37.7 Å². The van der Waals surface area contributed by atoms with Gasteiger partial charge in [0.05, 0.1) is 11.3 Å². The first-order chi connectivity index (χ1) is 15.4. The molecule has 2 aromatic rings. The van der Waals surface area contributed by atoms with Crippen molar-refractivity contribution in [1.82, 2.24) is 9.80 Å². The van der Waals surface area contributed by atoms with Gasteiger partial charge >= 0.3 is 0 Å². The van der Waals surface area contributed by atoms with E-state index >= 15 is 0 Å². The minimum Gasteiger partial charge on any atom is -0.335 e. The van der Waals surface area contributed by atoms with Crippen molar-refractivity contribution in [2.75, 3.05) is 31.5 Å². The zero-order valence-electron chi connectivity index (χ0n) is 18.4. The van der Waals surface area contributed by atoms with Crippen LogP contribution in [0.4, 0.5) is 10.1 Å². The second-order valence-electron chi connectivity index (χ2n) is 8.63. The molecule has 1 aliphatic carbocycles. The van der Waals surface area contributed by atoms with Gasteiger partial charge in [0.1, 0.15) is 5.82 Å². The number of rotatable bonds is 5. The molecule has 0 aromatic heterocycles. The smallest absolute Gasteiger partial charge is 0.256 e. The average molecular weight is 438 g/mol. The quantitative estimate of drug-likeness (QED) is 0.777. The summed E-state index contributed by atoms with van der Waals surface area (Å²) in [5, 5.41) is 2.79. The molecule has 2 aromatic carbocycles. The van der Waals surface area contributed by atoms with Gasteiger partial charge in [0.15, 0.2) is 0 Å². The number of hydrogen-bond acceptors (Lipinski definition) is 3. The van der Waals surface area contributed by atoms with Crippen molar-refractivity contribution in [1.29, 1.82) is 0 Å². The van der Waals surface area contributed by atoms with Crippen LogP contribution in [0.25, 0.3) is 0 Å². The van der Waals surface area contributed by atoms with E-state index in [2.05, 4.69) is 12.2 Å². The number of carbonyl (C=O) groups excluding carboxylic acids is 3. The lowest BCUT2D eigenvalue weighted by Crippen LogP contribution is -2.50. The van der Waals surface area contributed by atoms with Gasteiger partial charge in [-0.15, -0.1) is 0 Å². The molecule has 0 radical (unpaired) electrons. The van der Waals surface area contributed by atoms with Crippen molar-refractivity contribution < 1.29 is 18.8 Å². The van der Waals surface area contributed by atoms with Crippen LogP contribution < -0.4 is 5.32 Å². The van der Waals surface area contributed by atoms with Crippen molar-refractivity contribution in [2.45, 2.75) is 26.7 Å². The zero-order chi connectivity index (χ0) is 22.8. The molecule has 7 heteroatoms. The lowest BCUT2D eigenvalue weighted by Gasteiger charge is -2.35. The molecule has 1 heterocycles. The predicted molar refractivity (Wildman–Crippen MR) is 120 cm³/mol. The van der Waals surface area contributed by atoms with E-state index in [1.807, 2.05) is 31.2 Å².